The minimum atomic E-state index is -1.33. The summed E-state index contributed by atoms with van der Waals surface area (Å²) in [5.74, 6) is 3.54. The van der Waals surface area contributed by atoms with Gasteiger partial charge in [-0.1, -0.05) is 54.6 Å². The van der Waals surface area contributed by atoms with E-state index in [-0.39, 0.29) is 13.0 Å². The number of ether oxygens (including phenoxy) is 1. The Balaban J connectivity index is 1.73. The second kappa shape index (κ2) is 10.6. The van der Waals surface area contributed by atoms with Gasteiger partial charge in [0.15, 0.2) is 0 Å². The van der Waals surface area contributed by atoms with E-state index < -0.39 is 41.9 Å². The Morgan fingerprint density at radius 3 is 2.47 bits per heavy atom. The van der Waals surface area contributed by atoms with E-state index >= 15 is 0 Å². The van der Waals surface area contributed by atoms with Gasteiger partial charge in [-0.3, -0.25) is 19.3 Å². The summed E-state index contributed by atoms with van der Waals surface area (Å²) in [6.45, 7) is 2.99. The molecule has 2 aromatic rings. The number of nitrogens with two attached hydrogens (primary N) is 1. The predicted octanol–water partition coefficient (Wildman–Crippen LogP) is 1.56. The van der Waals surface area contributed by atoms with Crippen LogP contribution in [0.3, 0.4) is 0 Å². The maximum Gasteiger partial charge on any atom is 0.325 e. The lowest BCUT2D eigenvalue weighted by Gasteiger charge is -2.23. The molecule has 3 rings (SSSR count). The number of nitrogens with zero attached hydrogens (tertiary/aromatic N) is 2. The minimum Gasteiger partial charge on any atom is -0.466 e. The summed E-state index contributed by atoms with van der Waals surface area (Å²) < 4.78 is 5.01. The molecule has 1 heterocycles. The normalized spacial score (nSPS) is 18.6. The number of esters is 1. The van der Waals surface area contributed by atoms with Crippen LogP contribution in [0.4, 0.5) is 4.79 Å². The minimum absolute atomic E-state index is 0.0834. The zero-order chi connectivity index (χ0) is 24.7. The van der Waals surface area contributed by atoms with Crippen LogP contribution < -0.4 is 16.5 Å². The highest BCUT2D eigenvalue weighted by Crippen LogP contribution is 2.29. The summed E-state index contributed by atoms with van der Waals surface area (Å²) in [5, 5.41) is 8.85. The molecule has 0 aromatic heterocycles. The highest BCUT2D eigenvalue weighted by Gasteiger charge is 2.49. The van der Waals surface area contributed by atoms with Crippen LogP contribution in [0, 0.1) is 0 Å². The second-order valence-corrected chi connectivity index (χ2v) is 7.89. The molecule has 0 spiro atoms. The molecule has 2 aromatic carbocycles. The van der Waals surface area contributed by atoms with Crippen molar-refractivity contribution in [1.82, 2.24) is 15.5 Å². The lowest BCUT2D eigenvalue weighted by atomic mass is 9.91. The number of rotatable bonds is 9. The van der Waals surface area contributed by atoms with Gasteiger partial charge >= 0.3 is 12.0 Å². The number of carbonyl (C=O) groups is 4. The fourth-order valence-corrected chi connectivity index (χ4v) is 3.73. The molecule has 2 atom stereocenters. The molecule has 1 saturated heterocycles. The van der Waals surface area contributed by atoms with Gasteiger partial charge in [-0.25, -0.2) is 4.79 Å². The van der Waals surface area contributed by atoms with Crippen molar-refractivity contribution in [3.8, 4) is 0 Å². The molecule has 10 heteroatoms. The van der Waals surface area contributed by atoms with Crippen LogP contribution in [0.25, 0.3) is 0 Å². The fraction of sp³-hybridized carbons (Fsp3) is 0.292. The molecule has 0 bridgehead atoms. The molecule has 1 fully saturated rings. The van der Waals surface area contributed by atoms with Crippen molar-refractivity contribution < 1.29 is 23.9 Å². The van der Waals surface area contributed by atoms with Gasteiger partial charge in [0.05, 0.1) is 25.3 Å². The summed E-state index contributed by atoms with van der Waals surface area (Å²) in [6, 6.07) is 14.4. The number of imide groups is 1. The molecule has 0 aliphatic carbocycles. The Morgan fingerprint density at radius 1 is 1.18 bits per heavy atom. The van der Waals surface area contributed by atoms with Crippen molar-refractivity contribution in [2.75, 3.05) is 13.2 Å². The number of hydrogen-bond donors (Lipinski definition) is 3. The molecular formula is C24H27N5O5. The average Bonchev–Trinajstić information content (AvgIpc) is 3.04. The highest BCUT2D eigenvalue weighted by molar-refractivity contribution is 6.09. The van der Waals surface area contributed by atoms with E-state index in [1.54, 1.807) is 62.4 Å². The van der Waals surface area contributed by atoms with E-state index in [0.717, 1.165) is 10.5 Å². The van der Waals surface area contributed by atoms with E-state index in [9.17, 15) is 19.2 Å². The first-order valence-corrected chi connectivity index (χ1v) is 10.8. The zero-order valence-corrected chi connectivity index (χ0v) is 19.0. The molecule has 0 saturated carbocycles. The SMILES string of the molecule is CCOC(=O)C[C@H](NC(=O)CN1C(=O)N[C@](C)(c2ccc(C=NN)cc2)C1=O)c1ccccc1. The van der Waals surface area contributed by atoms with Crippen LogP contribution in [0.2, 0.25) is 0 Å². The van der Waals surface area contributed by atoms with Crippen LogP contribution in [0.5, 0.6) is 0 Å². The molecular weight excluding hydrogens is 438 g/mol. The topological polar surface area (TPSA) is 143 Å². The van der Waals surface area contributed by atoms with Gasteiger partial charge in [-0.2, -0.15) is 5.10 Å². The maximum absolute atomic E-state index is 13.1. The van der Waals surface area contributed by atoms with Gasteiger partial charge in [-0.05, 0) is 30.5 Å². The summed E-state index contributed by atoms with van der Waals surface area (Å²) in [4.78, 5) is 51.5. The number of amides is 4. The Morgan fingerprint density at radius 2 is 1.85 bits per heavy atom. The first-order valence-electron chi connectivity index (χ1n) is 10.8. The molecule has 178 valence electrons. The molecule has 0 radical (unpaired) electrons. The smallest absolute Gasteiger partial charge is 0.325 e. The summed E-state index contributed by atoms with van der Waals surface area (Å²) >= 11 is 0. The van der Waals surface area contributed by atoms with Crippen LogP contribution in [-0.4, -0.2) is 48.1 Å². The van der Waals surface area contributed by atoms with Crippen molar-refractivity contribution in [3.05, 3.63) is 71.3 Å². The zero-order valence-electron chi connectivity index (χ0n) is 19.0. The van der Waals surface area contributed by atoms with E-state index in [1.165, 1.54) is 6.21 Å². The first kappa shape index (κ1) is 24.4. The van der Waals surface area contributed by atoms with E-state index in [0.29, 0.717) is 11.1 Å². The third kappa shape index (κ3) is 5.40. The third-order valence-electron chi connectivity index (χ3n) is 5.50. The summed E-state index contributed by atoms with van der Waals surface area (Å²) in [5.41, 5.74) is 0.648. The molecule has 4 N–H and O–H groups in total. The molecule has 4 amide bonds. The lowest BCUT2D eigenvalue weighted by molar-refractivity contribution is -0.144. The Kier molecular flexibility index (Phi) is 7.62. The molecule has 0 unspecified atom stereocenters. The first-order chi connectivity index (χ1) is 16.3. The van der Waals surface area contributed by atoms with Gasteiger partial charge in [0, 0.05) is 0 Å². The van der Waals surface area contributed by atoms with Crippen molar-refractivity contribution in [2.45, 2.75) is 31.8 Å². The third-order valence-corrected chi connectivity index (χ3v) is 5.50. The van der Waals surface area contributed by atoms with Crippen molar-refractivity contribution in [3.63, 3.8) is 0 Å². The lowest BCUT2D eigenvalue weighted by Crippen LogP contribution is -2.44. The second-order valence-electron chi connectivity index (χ2n) is 7.89. The average molecular weight is 466 g/mol. The molecule has 1 aliphatic rings. The molecule has 1 aliphatic heterocycles. The van der Waals surface area contributed by atoms with Crippen LogP contribution >= 0.6 is 0 Å². The van der Waals surface area contributed by atoms with Crippen LogP contribution in [0.1, 0.15) is 43.0 Å². The van der Waals surface area contributed by atoms with Gasteiger partial charge < -0.3 is 21.2 Å². The standard InChI is InChI=1S/C24H27N5O5/c1-3-34-21(31)13-19(17-7-5-4-6-8-17)27-20(30)15-29-22(32)24(2,28-23(29)33)18-11-9-16(10-12-18)14-26-25/h4-12,14,19H,3,13,15,25H2,1-2H3,(H,27,30)(H,28,33)/t19-,24+/m0/s1. The Labute approximate surface area is 197 Å². The van der Waals surface area contributed by atoms with Gasteiger partial charge in [-0.15, -0.1) is 0 Å². The molecule has 10 nitrogen and oxygen atoms in total. The summed E-state index contributed by atoms with van der Waals surface area (Å²) in [7, 11) is 0. The largest absolute Gasteiger partial charge is 0.466 e. The number of hydrogen-bond acceptors (Lipinski definition) is 7. The van der Waals surface area contributed by atoms with E-state index in [1.807, 2.05) is 6.07 Å². The number of urea groups is 1. The quantitative estimate of drug-likeness (QED) is 0.169. The van der Waals surface area contributed by atoms with Crippen LogP contribution in [-0.2, 0) is 24.7 Å². The summed E-state index contributed by atoms with van der Waals surface area (Å²) in [6.07, 6.45) is 1.37. The van der Waals surface area contributed by atoms with Gasteiger partial charge in [0.1, 0.15) is 12.1 Å². The monoisotopic (exact) mass is 465 g/mol. The van der Waals surface area contributed by atoms with Crippen molar-refractivity contribution >= 4 is 30.0 Å². The van der Waals surface area contributed by atoms with E-state index in [4.69, 9.17) is 10.6 Å². The Hall–Kier alpha value is -4.21. The number of nitrogens with one attached hydrogen (secondary N) is 2. The fourth-order valence-electron chi connectivity index (χ4n) is 3.73. The van der Waals surface area contributed by atoms with E-state index in [2.05, 4.69) is 15.7 Å². The predicted molar refractivity (Wildman–Crippen MR) is 124 cm³/mol. The number of carbonyl (C=O) groups excluding carboxylic acids is 4. The van der Waals surface area contributed by atoms with Crippen molar-refractivity contribution in [2.24, 2.45) is 10.9 Å². The number of benzene rings is 2. The van der Waals surface area contributed by atoms with Crippen LogP contribution in [0.15, 0.2) is 59.7 Å². The Bertz CT molecular complexity index is 1090. The van der Waals surface area contributed by atoms with Crippen molar-refractivity contribution in [1.29, 1.82) is 0 Å². The molecule has 34 heavy (non-hydrogen) atoms. The number of hydrazone groups is 1. The van der Waals surface area contributed by atoms with Gasteiger partial charge in [0.25, 0.3) is 5.91 Å². The maximum atomic E-state index is 13.1. The van der Waals surface area contributed by atoms with Gasteiger partial charge in [0.2, 0.25) is 5.91 Å². The highest BCUT2D eigenvalue weighted by atomic mass is 16.5.